The Hall–Kier alpha value is -2.09. The van der Waals surface area contributed by atoms with Crippen LogP contribution in [0.25, 0.3) is 0 Å². The molecule has 0 saturated carbocycles. The molecule has 0 radical (unpaired) electrons. The summed E-state index contributed by atoms with van der Waals surface area (Å²) in [5, 5.41) is 0. The second-order valence-corrected chi connectivity index (χ2v) is 6.63. The summed E-state index contributed by atoms with van der Waals surface area (Å²) in [5.74, 6) is 0.934. The van der Waals surface area contributed by atoms with Crippen molar-refractivity contribution in [2.45, 2.75) is 32.6 Å². The largest absolute Gasteiger partial charge is 0.339 e. The first-order chi connectivity index (χ1) is 11.2. The summed E-state index contributed by atoms with van der Waals surface area (Å²) in [6.45, 7) is 3.84. The smallest absolute Gasteiger partial charge is 0.253 e. The molecule has 0 spiro atoms. The third kappa shape index (κ3) is 4.22. The fourth-order valence-electron chi connectivity index (χ4n) is 3.32. The minimum absolute atomic E-state index is 0.187. The lowest BCUT2D eigenvalue weighted by atomic mass is 9.90. The molecule has 0 aromatic heterocycles. The predicted molar refractivity (Wildman–Crippen MR) is 94.6 cm³/mol. The second-order valence-electron chi connectivity index (χ2n) is 6.63. The maximum Gasteiger partial charge on any atom is 0.253 e. The van der Waals surface area contributed by atoms with Crippen LogP contribution in [-0.2, 0) is 6.42 Å². The van der Waals surface area contributed by atoms with Crippen molar-refractivity contribution in [2.75, 3.05) is 13.1 Å². The van der Waals surface area contributed by atoms with Crippen molar-refractivity contribution < 1.29 is 4.79 Å². The number of hydrogen-bond acceptors (Lipinski definition) is 1. The molecule has 1 aliphatic rings. The molecule has 1 heterocycles. The summed E-state index contributed by atoms with van der Waals surface area (Å²) in [4.78, 5) is 14.5. The fraction of sp³-hybridized carbons (Fsp3) is 0.381. The molecule has 2 aromatic rings. The van der Waals surface area contributed by atoms with Crippen molar-refractivity contribution in [3.8, 4) is 0 Å². The van der Waals surface area contributed by atoms with Crippen LogP contribution in [0.1, 0.15) is 40.7 Å². The zero-order valence-corrected chi connectivity index (χ0v) is 13.9. The summed E-state index contributed by atoms with van der Waals surface area (Å²) in [5.41, 5.74) is 3.44. The van der Waals surface area contributed by atoms with Gasteiger partial charge in [-0.3, -0.25) is 4.79 Å². The van der Waals surface area contributed by atoms with Crippen LogP contribution in [0.15, 0.2) is 54.6 Å². The van der Waals surface area contributed by atoms with Gasteiger partial charge in [-0.05, 0) is 56.2 Å². The summed E-state index contributed by atoms with van der Waals surface area (Å²) in [6, 6.07) is 18.6. The van der Waals surface area contributed by atoms with Crippen molar-refractivity contribution in [1.82, 2.24) is 4.90 Å². The lowest BCUT2D eigenvalue weighted by Crippen LogP contribution is -2.38. The van der Waals surface area contributed by atoms with Gasteiger partial charge in [-0.2, -0.15) is 0 Å². The number of carbonyl (C=O) groups is 1. The number of aryl methyl sites for hydroxylation is 2. The van der Waals surface area contributed by atoms with Gasteiger partial charge in [0, 0.05) is 18.7 Å². The van der Waals surface area contributed by atoms with Gasteiger partial charge >= 0.3 is 0 Å². The lowest BCUT2D eigenvalue weighted by molar-refractivity contribution is 0.0687. The molecule has 0 bridgehead atoms. The first kappa shape index (κ1) is 15.8. The van der Waals surface area contributed by atoms with Crippen LogP contribution in [0.4, 0.5) is 0 Å². The molecule has 23 heavy (non-hydrogen) atoms. The van der Waals surface area contributed by atoms with Gasteiger partial charge < -0.3 is 4.90 Å². The molecular formula is C21H25NO. The molecule has 1 amide bonds. The Morgan fingerprint density at radius 1 is 1.00 bits per heavy atom. The summed E-state index contributed by atoms with van der Waals surface area (Å²) in [6.07, 6.45) is 4.64. The van der Waals surface area contributed by atoms with Gasteiger partial charge in [0.25, 0.3) is 5.91 Å². The van der Waals surface area contributed by atoms with Crippen molar-refractivity contribution >= 4 is 5.91 Å². The number of carbonyl (C=O) groups excluding carboxylic acids is 1. The van der Waals surface area contributed by atoms with Crippen LogP contribution in [-0.4, -0.2) is 23.9 Å². The molecule has 120 valence electrons. The van der Waals surface area contributed by atoms with Crippen molar-refractivity contribution in [2.24, 2.45) is 5.92 Å². The molecule has 3 rings (SSSR count). The van der Waals surface area contributed by atoms with Crippen LogP contribution >= 0.6 is 0 Å². The van der Waals surface area contributed by atoms with E-state index in [2.05, 4.69) is 30.3 Å². The van der Waals surface area contributed by atoms with E-state index in [9.17, 15) is 4.79 Å². The second kappa shape index (κ2) is 7.45. The Labute approximate surface area is 139 Å². The molecule has 2 aromatic carbocycles. The summed E-state index contributed by atoms with van der Waals surface area (Å²) in [7, 11) is 0. The van der Waals surface area contributed by atoms with E-state index in [0.29, 0.717) is 0 Å². The van der Waals surface area contributed by atoms with Crippen LogP contribution < -0.4 is 0 Å². The molecule has 2 heteroatoms. The molecular weight excluding hydrogens is 282 g/mol. The molecule has 0 aliphatic carbocycles. The van der Waals surface area contributed by atoms with Gasteiger partial charge in [0.15, 0.2) is 0 Å². The molecule has 1 fully saturated rings. The number of hydrogen-bond donors (Lipinski definition) is 0. The van der Waals surface area contributed by atoms with E-state index in [1.807, 2.05) is 36.1 Å². The maximum atomic E-state index is 12.5. The van der Waals surface area contributed by atoms with E-state index in [0.717, 1.165) is 43.8 Å². The average molecular weight is 307 g/mol. The maximum absolute atomic E-state index is 12.5. The zero-order valence-electron chi connectivity index (χ0n) is 13.9. The van der Waals surface area contributed by atoms with Crippen LogP contribution in [0.2, 0.25) is 0 Å². The highest BCUT2D eigenvalue weighted by molar-refractivity contribution is 5.94. The molecule has 0 atom stereocenters. The third-order valence-electron chi connectivity index (χ3n) is 4.88. The van der Waals surface area contributed by atoms with Gasteiger partial charge in [0.05, 0.1) is 0 Å². The average Bonchev–Trinajstić information content (AvgIpc) is 2.61. The van der Waals surface area contributed by atoms with Gasteiger partial charge in [-0.25, -0.2) is 0 Å². The Balaban J connectivity index is 1.48. The first-order valence-corrected chi connectivity index (χ1v) is 8.62. The van der Waals surface area contributed by atoms with Crippen LogP contribution in [0, 0.1) is 12.8 Å². The molecule has 1 aliphatic heterocycles. The molecule has 0 unspecified atom stereocenters. The SMILES string of the molecule is Cc1ccc(C(=O)N2CCC(CCc3ccccc3)CC2)cc1. The highest BCUT2D eigenvalue weighted by Crippen LogP contribution is 2.23. The Kier molecular flexibility index (Phi) is 5.12. The summed E-state index contributed by atoms with van der Waals surface area (Å²) >= 11 is 0. The normalized spacial score (nSPS) is 15.6. The van der Waals surface area contributed by atoms with E-state index in [4.69, 9.17) is 0 Å². The minimum Gasteiger partial charge on any atom is -0.339 e. The number of piperidine rings is 1. The van der Waals surface area contributed by atoms with E-state index >= 15 is 0 Å². The zero-order chi connectivity index (χ0) is 16.1. The Morgan fingerprint density at radius 2 is 1.65 bits per heavy atom. The monoisotopic (exact) mass is 307 g/mol. The Bertz CT molecular complexity index is 625. The van der Waals surface area contributed by atoms with Crippen molar-refractivity contribution in [3.05, 3.63) is 71.3 Å². The van der Waals surface area contributed by atoms with Gasteiger partial charge in [-0.1, -0.05) is 48.0 Å². The van der Waals surface area contributed by atoms with Gasteiger partial charge in [-0.15, -0.1) is 0 Å². The predicted octanol–water partition coefficient (Wildman–Crippen LogP) is 4.48. The number of nitrogens with zero attached hydrogens (tertiary/aromatic N) is 1. The highest BCUT2D eigenvalue weighted by atomic mass is 16.2. The minimum atomic E-state index is 0.187. The van der Waals surface area contributed by atoms with E-state index in [1.54, 1.807) is 0 Å². The first-order valence-electron chi connectivity index (χ1n) is 8.62. The Morgan fingerprint density at radius 3 is 2.30 bits per heavy atom. The third-order valence-corrected chi connectivity index (χ3v) is 4.88. The molecule has 0 N–H and O–H groups in total. The van der Waals surface area contributed by atoms with E-state index in [-0.39, 0.29) is 5.91 Å². The summed E-state index contributed by atoms with van der Waals surface area (Å²) < 4.78 is 0. The number of benzene rings is 2. The standard InChI is InChI=1S/C21H25NO/c1-17-7-11-20(12-8-17)21(23)22-15-13-19(14-16-22)10-9-18-5-3-2-4-6-18/h2-8,11-12,19H,9-10,13-16H2,1H3. The van der Waals surface area contributed by atoms with Crippen molar-refractivity contribution in [1.29, 1.82) is 0 Å². The lowest BCUT2D eigenvalue weighted by Gasteiger charge is -2.32. The van der Waals surface area contributed by atoms with E-state index < -0.39 is 0 Å². The van der Waals surface area contributed by atoms with Crippen molar-refractivity contribution in [3.63, 3.8) is 0 Å². The van der Waals surface area contributed by atoms with E-state index in [1.165, 1.54) is 17.5 Å². The topological polar surface area (TPSA) is 20.3 Å². The highest BCUT2D eigenvalue weighted by Gasteiger charge is 2.23. The molecule has 1 saturated heterocycles. The van der Waals surface area contributed by atoms with Crippen LogP contribution in [0.3, 0.4) is 0 Å². The number of likely N-dealkylation sites (tertiary alicyclic amines) is 1. The number of rotatable bonds is 4. The fourth-order valence-corrected chi connectivity index (χ4v) is 3.32. The van der Waals surface area contributed by atoms with Gasteiger partial charge in [0.1, 0.15) is 0 Å². The van der Waals surface area contributed by atoms with Gasteiger partial charge in [0.2, 0.25) is 0 Å². The number of amides is 1. The molecule has 2 nitrogen and oxygen atoms in total. The van der Waals surface area contributed by atoms with Crippen LogP contribution in [0.5, 0.6) is 0 Å². The quantitative estimate of drug-likeness (QED) is 0.815.